The molecule has 2 N–H and O–H groups in total. The second-order valence-corrected chi connectivity index (χ2v) is 7.68. The van der Waals surface area contributed by atoms with Gasteiger partial charge in [0, 0.05) is 69.0 Å². The summed E-state index contributed by atoms with van der Waals surface area (Å²) in [5.74, 6) is 0.780. The average molecular weight is 392 g/mol. The molecule has 0 amide bonds. The third-order valence-corrected chi connectivity index (χ3v) is 5.65. The number of aryl methyl sites for hydroxylation is 1. The van der Waals surface area contributed by atoms with Crippen LogP contribution in [0.1, 0.15) is 31.0 Å². The van der Waals surface area contributed by atoms with E-state index in [4.69, 9.17) is 0 Å². The van der Waals surface area contributed by atoms with Crippen LogP contribution in [0.5, 0.6) is 0 Å². The van der Waals surface area contributed by atoms with Gasteiger partial charge < -0.3 is 15.2 Å². The first kappa shape index (κ1) is 19.6. The summed E-state index contributed by atoms with van der Waals surface area (Å²) in [6.07, 6.45) is 1.83. The number of aromatic nitrogens is 2. The van der Waals surface area contributed by atoms with E-state index in [-0.39, 0.29) is 11.6 Å². The molecule has 29 heavy (non-hydrogen) atoms. The highest BCUT2D eigenvalue weighted by Gasteiger charge is 2.11. The Kier molecular flexibility index (Phi) is 5.92. The lowest BCUT2D eigenvalue weighted by Crippen LogP contribution is -2.42. The number of piperazine rings is 1. The van der Waals surface area contributed by atoms with Crippen molar-refractivity contribution in [3.05, 3.63) is 70.1 Å². The molecule has 1 aromatic carbocycles. The maximum Gasteiger partial charge on any atom is 0.251 e. The Labute approximate surface area is 171 Å². The minimum Gasteiger partial charge on any atom is -0.363 e. The van der Waals surface area contributed by atoms with Crippen molar-refractivity contribution in [3.63, 3.8) is 0 Å². The minimum atomic E-state index is 0.0188. The lowest BCUT2D eigenvalue weighted by atomic mass is 10.1. The molecule has 4 rings (SSSR count). The number of benzene rings is 1. The molecule has 1 fully saturated rings. The van der Waals surface area contributed by atoms with Crippen LogP contribution in [0.15, 0.2) is 53.5 Å². The molecule has 0 bridgehead atoms. The fraction of sp³-hybridized carbons (Fsp3) is 0.391. The van der Waals surface area contributed by atoms with Crippen LogP contribution < -0.4 is 16.2 Å². The maximum atomic E-state index is 12.1. The molecule has 152 valence electrons. The number of nitrogens with one attached hydrogen (secondary N) is 2. The Morgan fingerprint density at radius 3 is 2.62 bits per heavy atom. The summed E-state index contributed by atoms with van der Waals surface area (Å²) < 4.78 is 1.78. The third kappa shape index (κ3) is 4.49. The highest BCUT2D eigenvalue weighted by Crippen LogP contribution is 2.21. The molecule has 6 nitrogen and oxygen atoms in total. The lowest BCUT2D eigenvalue weighted by molar-refractivity contribution is 0.233. The van der Waals surface area contributed by atoms with E-state index in [9.17, 15) is 4.79 Å². The third-order valence-electron chi connectivity index (χ3n) is 5.65. The van der Waals surface area contributed by atoms with Crippen LogP contribution >= 0.6 is 0 Å². The molecular weight excluding hydrogens is 362 g/mol. The zero-order chi connectivity index (χ0) is 20.2. The highest BCUT2D eigenvalue weighted by molar-refractivity contribution is 5.80. The second-order valence-electron chi connectivity index (χ2n) is 7.68. The van der Waals surface area contributed by atoms with Gasteiger partial charge >= 0.3 is 0 Å². The zero-order valence-electron chi connectivity index (χ0n) is 17.2. The monoisotopic (exact) mass is 391 g/mol. The van der Waals surface area contributed by atoms with Crippen molar-refractivity contribution in [1.82, 2.24) is 19.8 Å². The molecule has 6 heteroatoms. The van der Waals surface area contributed by atoms with E-state index in [0.717, 1.165) is 49.4 Å². The Hall–Kier alpha value is -2.70. The van der Waals surface area contributed by atoms with E-state index >= 15 is 0 Å². The first-order chi connectivity index (χ1) is 14.1. The number of hydrogen-bond donors (Lipinski definition) is 2. The predicted octanol–water partition coefficient (Wildman–Crippen LogP) is 2.99. The van der Waals surface area contributed by atoms with Crippen LogP contribution in [0.2, 0.25) is 0 Å². The number of hydrogen-bond acceptors (Lipinski definition) is 5. The first-order valence-electron chi connectivity index (χ1n) is 10.4. The Morgan fingerprint density at radius 1 is 1.14 bits per heavy atom. The smallest absolute Gasteiger partial charge is 0.251 e. The fourth-order valence-corrected chi connectivity index (χ4v) is 3.94. The molecule has 1 aliphatic heterocycles. The Morgan fingerprint density at radius 2 is 1.90 bits per heavy atom. The second kappa shape index (κ2) is 8.76. The maximum absolute atomic E-state index is 12.1. The van der Waals surface area contributed by atoms with Crippen molar-refractivity contribution in [1.29, 1.82) is 0 Å². The van der Waals surface area contributed by atoms with Crippen LogP contribution in [0.25, 0.3) is 10.9 Å². The Balaban J connectivity index is 1.47. The topological polar surface area (TPSA) is 62.2 Å². The predicted molar refractivity (Wildman–Crippen MR) is 118 cm³/mol. The minimum absolute atomic E-state index is 0.0188. The molecule has 1 aliphatic rings. The van der Waals surface area contributed by atoms with Crippen molar-refractivity contribution in [3.8, 4) is 0 Å². The first-order valence-corrected chi connectivity index (χ1v) is 10.4. The normalized spacial score (nSPS) is 16.1. The van der Waals surface area contributed by atoms with Gasteiger partial charge in [-0.25, -0.2) is 4.98 Å². The number of rotatable bonds is 6. The number of nitrogens with zero attached hydrogens (tertiary/aromatic N) is 3. The van der Waals surface area contributed by atoms with Crippen LogP contribution in [0, 0.1) is 0 Å². The molecule has 0 saturated carbocycles. The van der Waals surface area contributed by atoms with Gasteiger partial charge in [0.25, 0.3) is 5.56 Å². The summed E-state index contributed by atoms with van der Waals surface area (Å²) in [7, 11) is 0. The van der Waals surface area contributed by atoms with E-state index in [0.29, 0.717) is 6.54 Å². The SMILES string of the molecule is CCn1c(=O)ccc2cnc(N[C@@H](C)c3ccc(CN4CCNCC4)cc3)cc21. The fourth-order valence-electron chi connectivity index (χ4n) is 3.94. The molecule has 3 heterocycles. The van der Waals surface area contributed by atoms with Crippen molar-refractivity contribution >= 4 is 16.7 Å². The highest BCUT2D eigenvalue weighted by atomic mass is 16.1. The number of anilines is 1. The van der Waals surface area contributed by atoms with Crippen LogP contribution in [-0.4, -0.2) is 40.6 Å². The van der Waals surface area contributed by atoms with Gasteiger partial charge in [-0.15, -0.1) is 0 Å². The van der Waals surface area contributed by atoms with Crippen LogP contribution in [-0.2, 0) is 13.1 Å². The summed E-state index contributed by atoms with van der Waals surface area (Å²) in [6, 6.07) is 14.4. The number of fused-ring (bicyclic) bond motifs is 1. The van der Waals surface area contributed by atoms with E-state index < -0.39 is 0 Å². The van der Waals surface area contributed by atoms with Gasteiger partial charge in [-0.1, -0.05) is 24.3 Å². The molecule has 0 spiro atoms. The molecule has 0 radical (unpaired) electrons. The van der Waals surface area contributed by atoms with E-state index in [1.807, 2.05) is 25.3 Å². The van der Waals surface area contributed by atoms with Crippen LogP contribution in [0.4, 0.5) is 5.82 Å². The number of pyridine rings is 2. The summed E-state index contributed by atoms with van der Waals surface area (Å²) in [6.45, 7) is 10.1. The summed E-state index contributed by atoms with van der Waals surface area (Å²) in [5, 5.41) is 7.85. The molecule has 2 aromatic heterocycles. The van der Waals surface area contributed by atoms with E-state index in [1.165, 1.54) is 11.1 Å². The summed E-state index contributed by atoms with van der Waals surface area (Å²) in [5.41, 5.74) is 3.50. The molecule has 3 aromatic rings. The Bertz CT molecular complexity index is 1020. The molecule has 1 saturated heterocycles. The molecule has 0 unspecified atom stereocenters. The van der Waals surface area contributed by atoms with Gasteiger partial charge in [-0.3, -0.25) is 9.69 Å². The largest absolute Gasteiger partial charge is 0.363 e. The van der Waals surface area contributed by atoms with Crippen molar-refractivity contribution in [2.24, 2.45) is 0 Å². The van der Waals surface area contributed by atoms with Crippen molar-refractivity contribution < 1.29 is 0 Å². The molecular formula is C23H29N5O. The van der Waals surface area contributed by atoms with Gasteiger partial charge in [0.15, 0.2) is 0 Å². The summed E-state index contributed by atoms with van der Waals surface area (Å²) >= 11 is 0. The van der Waals surface area contributed by atoms with Crippen LogP contribution in [0.3, 0.4) is 0 Å². The average Bonchev–Trinajstić information content (AvgIpc) is 2.75. The van der Waals surface area contributed by atoms with Gasteiger partial charge in [-0.2, -0.15) is 0 Å². The van der Waals surface area contributed by atoms with Crippen molar-refractivity contribution in [2.45, 2.75) is 33.0 Å². The standard InChI is InChI=1S/C23H29N5O/c1-3-28-21-14-22(25-15-20(21)8-9-23(28)29)26-17(2)19-6-4-18(5-7-19)16-27-12-10-24-11-13-27/h4-9,14-15,17,24H,3,10-13,16H2,1-2H3,(H,25,26)/t17-/m0/s1. The van der Waals surface area contributed by atoms with Gasteiger partial charge in [0.2, 0.25) is 0 Å². The van der Waals surface area contributed by atoms with E-state index in [1.54, 1.807) is 10.6 Å². The zero-order valence-corrected chi connectivity index (χ0v) is 17.2. The van der Waals surface area contributed by atoms with Gasteiger partial charge in [-0.05, 0) is 31.0 Å². The summed E-state index contributed by atoms with van der Waals surface area (Å²) in [4.78, 5) is 19.1. The lowest BCUT2D eigenvalue weighted by Gasteiger charge is -2.27. The van der Waals surface area contributed by atoms with Gasteiger partial charge in [0.05, 0.1) is 5.52 Å². The van der Waals surface area contributed by atoms with Crippen molar-refractivity contribution in [2.75, 3.05) is 31.5 Å². The van der Waals surface area contributed by atoms with Gasteiger partial charge in [0.1, 0.15) is 5.82 Å². The molecule has 0 aliphatic carbocycles. The molecule has 1 atom stereocenters. The quantitative estimate of drug-likeness (QED) is 0.676. The van der Waals surface area contributed by atoms with E-state index in [2.05, 4.69) is 51.7 Å².